The highest BCUT2D eigenvalue weighted by atomic mass is 32.2. The van der Waals surface area contributed by atoms with Crippen LogP contribution in [0.1, 0.15) is 18.4 Å². The lowest BCUT2D eigenvalue weighted by atomic mass is 9.75. The van der Waals surface area contributed by atoms with E-state index >= 15 is 0 Å². The molecule has 0 saturated carbocycles. The van der Waals surface area contributed by atoms with Crippen LogP contribution in [0, 0.1) is 17.7 Å². The van der Waals surface area contributed by atoms with Crippen LogP contribution in [0.4, 0.5) is 15.8 Å². The van der Waals surface area contributed by atoms with Crippen LogP contribution in [-0.4, -0.2) is 51.6 Å². The molecule has 1 saturated heterocycles. The molecule has 0 bridgehead atoms. The van der Waals surface area contributed by atoms with E-state index in [2.05, 4.69) is 14.4 Å². The quantitative estimate of drug-likeness (QED) is 0.433. The van der Waals surface area contributed by atoms with Gasteiger partial charge in [0.1, 0.15) is 16.5 Å². The van der Waals surface area contributed by atoms with Gasteiger partial charge in [-0.05, 0) is 48.7 Å². The predicted octanol–water partition coefficient (Wildman–Crippen LogP) is 2.27. The molecule has 2 aliphatic heterocycles. The topological polar surface area (TPSA) is 142 Å². The van der Waals surface area contributed by atoms with Crippen molar-refractivity contribution in [2.45, 2.75) is 30.3 Å². The summed E-state index contributed by atoms with van der Waals surface area (Å²) in [5.74, 6) is -3.75. The number of piperidine rings is 1. The first-order valence-electron chi connectivity index (χ1n) is 11.4. The Bertz CT molecular complexity index is 1570. The Hall–Kier alpha value is -3.58. The van der Waals surface area contributed by atoms with E-state index in [0.717, 1.165) is 12.3 Å². The minimum Gasteiger partial charge on any atom is -0.341 e. The minimum absolute atomic E-state index is 0.0254. The third-order valence-corrected chi connectivity index (χ3v) is 8.50. The first kappa shape index (κ1) is 25.1. The molecular formula is C24H23FN4O6S2. The summed E-state index contributed by atoms with van der Waals surface area (Å²) in [6, 6.07) is 9.09. The van der Waals surface area contributed by atoms with E-state index in [1.165, 1.54) is 24.3 Å². The molecule has 1 unspecified atom stereocenters. The number of likely N-dealkylation sites (tertiary alicyclic amines) is 1. The maximum atomic E-state index is 13.7. The number of allylic oxidation sites excluding steroid dienone is 1. The summed E-state index contributed by atoms with van der Waals surface area (Å²) in [4.78, 5) is 28.5. The number of anilines is 2. The second kappa shape index (κ2) is 9.06. The molecule has 0 radical (unpaired) electrons. The van der Waals surface area contributed by atoms with E-state index in [0.29, 0.717) is 18.4 Å². The van der Waals surface area contributed by atoms with Crippen LogP contribution in [0.2, 0.25) is 0 Å². The number of ketones is 1. The van der Waals surface area contributed by atoms with E-state index < -0.39 is 55.4 Å². The van der Waals surface area contributed by atoms with Gasteiger partial charge in [0.25, 0.3) is 10.0 Å². The van der Waals surface area contributed by atoms with Crippen LogP contribution in [0.3, 0.4) is 0 Å². The molecule has 0 aromatic heterocycles. The fourth-order valence-corrected chi connectivity index (χ4v) is 6.67. The summed E-state index contributed by atoms with van der Waals surface area (Å²) < 4.78 is 68.6. The maximum absolute atomic E-state index is 13.7. The Morgan fingerprint density at radius 2 is 1.81 bits per heavy atom. The Morgan fingerprint density at radius 1 is 1.11 bits per heavy atom. The number of halogens is 1. The molecule has 5 rings (SSSR count). The van der Waals surface area contributed by atoms with Gasteiger partial charge < -0.3 is 10.2 Å². The second-order valence-corrected chi connectivity index (χ2v) is 12.5. The second-order valence-electron chi connectivity index (χ2n) is 9.21. The summed E-state index contributed by atoms with van der Waals surface area (Å²) in [6.45, 7) is 0.120. The van der Waals surface area contributed by atoms with Gasteiger partial charge >= 0.3 is 0 Å². The molecule has 37 heavy (non-hydrogen) atoms. The highest BCUT2D eigenvalue weighted by Crippen LogP contribution is 2.38. The van der Waals surface area contributed by atoms with Gasteiger partial charge in [-0.1, -0.05) is 24.3 Å². The first-order chi connectivity index (χ1) is 17.4. The van der Waals surface area contributed by atoms with Crippen molar-refractivity contribution in [1.29, 1.82) is 0 Å². The van der Waals surface area contributed by atoms with Crippen molar-refractivity contribution in [2.24, 2.45) is 16.2 Å². The van der Waals surface area contributed by atoms with Gasteiger partial charge in [-0.25, -0.2) is 12.8 Å². The summed E-state index contributed by atoms with van der Waals surface area (Å²) in [5.41, 5.74) is 0.761. The highest BCUT2D eigenvalue weighted by molar-refractivity contribution is 7.92. The van der Waals surface area contributed by atoms with Gasteiger partial charge in [0, 0.05) is 24.2 Å². The molecule has 13 heteroatoms. The summed E-state index contributed by atoms with van der Waals surface area (Å²) >= 11 is 0. The zero-order chi connectivity index (χ0) is 26.5. The van der Waals surface area contributed by atoms with E-state index in [-0.39, 0.29) is 28.7 Å². The third kappa shape index (κ3) is 4.88. The molecule has 0 spiro atoms. The lowest BCUT2D eigenvalue weighted by Crippen LogP contribution is -2.60. The summed E-state index contributed by atoms with van der Waals surface area (Å²) in [6.07, 6.45) is 5.55. The largest absolute Gasteiger partial charge is 0.341 e. The van der Waals surface area contributed by atoms with Crippen molar-refractivity contribution in [3.05, 3.63) is 66.0 Å². The summed E-state index contributed by atoms with van der Waals surface area (Å²) in [5, 5.41) is 2.82. The number of benzene rings is 2. The van der Waals surface area contributed by atoms with Gasteiger partial charge in [0.15, 0.2) is 11.7 Å². The molecule has 1 fully saturated rings. The van der Waals surface area contributed by atoms with Gasteiger partial charge in [-0.2, -0.15) is 8.42 Å². The van der Waals surface area contributed by atoms with Crippen LogP contribution in [0.15, 0.2) is 63.9 Å². The van der Waals surface area contributed by atoms with Crippen molar-refractivity contribution in [3.8, 4) is 0 Å². The molecule has 1 amide bonds. The van der Waals surface area contributed by atoms with Crippen LogP contribution < -0.4 is 10.0 Å². The first-order valence-corrected chi connectivity index (χ1v) is 14.7. The fourth-order valence-electron chi connectivity index (χ4n) is 4.93. The number of rotatable bonds is 5. The van der Waals surface area contributed by atoms with Crippen LogP contribution in [0.25, 0.3) is 0 Å². The molecule has 2 heterocycles. The predicted molar refractivity (Wildman–Crippen MR) is 134 cm³/mol. The van der Waals surface area contributed by atoms with Gasteiger partial charge in [-0.15, -0.1) is 4.40 Å². The molecule has 194 valence electrons. The zero-order valence-electron chi connectivity index (χ0n) is 19.6. The Morgan fingerprint density at radius 3 is 2.51 bits per heavy atom. The van der Waals surface area contributed by atoms with E-state index in [1.807, 2.05) is 12.2 Å². The molecular weight excluding hydrogens is 523 g/mol. The number of carbonyl (C=O) groups excluding carboxylic acids is 2. The molecule has 1 aliphatic carbocycles. The van der Waals surface area contributed by atoms with E-state index in [9.17, 15) is 30.8 Å². The number of nitrogens with one attached hydrogen (secondary N) is 2. The average molecular weight is 547 g/mol. The maximum Gasteiger partial charge on any atom is 0.286 e. The number of Topliss-reactive ketones (excluding diaryl/α,β-unsaturated/α-hetero) is 1. The Kier molecular flexibility index (Phi) is 6.15. The number of hydrogen-bond acceptors (Lipinski definition) is 7. The van der Waals surface area contributed by atoms with Crippen LogP contribution in [-0.2, 0) is 36.2 Å². The number of carbonyl (C=O) groups is 2. The number of hydrogen-bond donors (Lipinski definition) is 2. The molecule has 3 aliphatic rings. The Labute approximate surface area is 213 Å². The third-order valence-electron chi connectivity index (χ3n) is 6.56. The number of amides is 1. The van der Waals surface area contributed by atoms with Gasteiger partial charge in [0.05, 0.1) is 11.9 Å². The molecule has 10 nitrogen and oxygen atoms in total. The molecule has 3 atom stereocenters. The van der Waals surface area contributed by atoms with E-state index in [1.54, 1.807) is 17.0 Å². The monoisotopic (exact) mass is 546 g/mol. The minimum atomic E-state index is -4.36. The van der Waals surface area contributed by atoms with Crippen LogP contribution >= 0.6 is 0 Å². The highest BCUT2D eigenvalue weighted by Gasteiger charge is 2.50. The lowest BCUT2D eigenvalue weighted by Gasteiger charge is -2.44. The summed E-state index contributed by atoms with van der Waals surface area (Å²) in [7, 11) is -8.02. The molecule has 2 aromatic rings. The van der Waals surface area contributed by atoms with Crippen molar-refractivity contribution in [2.75, 3.05) is 16.3 Å². The molecule has 2 aromatic carbocycles. The normalized spacial score (nSPS) is 24.5. The average Bonchev–Trinajstić information content (AvgIpc) is 2.82. The fraction of sp³-hybridized carbons (Fsp3) is 0.292. The van der Waals surface area contributed by atoms with Crippen molar-refractivity contribution >= 4 is 48.9 Å². The van der Waals surface area contributed by atoms with Crippen molar-refractivity contribution in [3.63, 3.8) is 0 Å². The zero-order valence-corrected chi connectivity index (χ0v) is 21.2. The standard InChI is InChI=1S/C24H23FN4O6S2/c1-36(32,33)27-16-10-11-18-20(12-16)37(34,35)28-23(26-18)21-22(30)17-4-2-3-5-19(17)29(24(21)31)13-14-6-8-15(25)9-7-14/h2-3,6-12,17,19,21,27H,4-5,13H2,1H3,(H,26,28)/t17-,19-,21?/m0/s1. The smallest absolute Gasteiger partial charge is 0.286 e. The number of nitrogens with zero attached hydrogens (tertiary/aromatic N) is 2. The van der Waals surface area contributed by atoms with E-state index in [4.69, 9.17) is 0 Å². The lowest BCUT2D eigenvalue weighted by molar-refractivity contribution is -0.151. The number of sulfonamides is 2. The van der Waals surface area contributed by atoms with Crippen LogP contribution in [0.5, 0.6) is 0 Å². The number of fused-ring (bicyclic) bond motifs is 2. The Balaban J connectivity index is 1.51. The molecule has 2 N–H and O–H groups in total. The van der Waals surface area contributed by atoms with Crippen molar-refractivity contribution in [1.82, 2.24) is 4.90 Å². The number of amidine groups is 1. The SMILES string of the molecule is CS(=O)(=O)Nc1ccc2c(c1)S(=O)(=O)N=C(C1C(=O)[C@H]3CC=CC[C@@H]3N(Cc3ccc(F)cc3)C1=O)N2. The van der Waals surface area contributed by atoms with Gasteiger partial charge in [-0.3, -0.25) is 14.3 Å². The van der Waals surface area contributed by atoms with Crippen molar-refractivity contribution < 1.29 is 30.8 Å². The van der Waals surface area contributed by atoms with Gasteiger partial charge in [0.2, 0.25) is 15.9 Å².